The first-order valence-electron chi connectivity index (χ1n) is 2.40. The molecule has 0 rings (SSSR count). The van der Waals surface area contributed by atoms with Gasteiger partial charge in [-0.25, -0.2) is 4.79 Å². The lowest BCUT2D eigenvalue weighted by Gasteiger charge is -2.14. The summed E-state index contributed by atoms with van der Waals surface area (Å²) in [5.74, 6) is -1.39. The largest absolute Gasteiger partial charge is 0.479 e. The Hall–Kier alpha value is -0.900. The fourth-order valence-electron chi connectivity index (χ4n) is 0.160. The molecule has 0 radical (unpaired) electrons. The molecule has 0 fully saturated rings. The minimum Gasteiger partial charge on any atom is -0.479 e. The van der Waals surface area contributed by atoms with E-state index in [4.69, 9.17) is 15.6 Å². The van der Waals surface area contributed by atoms with Gasteiger partial charge in [0, 0.05) is 5.71 Å². The SMILES string of the molecule is CC(=N)C(C)(O)C(=O)O. The predicted octanol–water partition coefficient (Wildman–Crippen LogP) is -0.138. The van der Waals surface area contributed by atoms with Crippen LogP contribution in [0.1, 0.15) is 13.8 Å². The molecule has 9 heavy (non-hydrogen) atoms. The Morgan fingerprint density at radius 2 is 2.00 bits per heavy atom. The molecule has 0 saturated carbocycles. The molecule has 0 heterocycles. The third kappa shape index (κ3) is 1.50. The number of aliphatic hydroxyl groups is 1. The van der Waals surface area contributed by atoms with Crippen molar-refractivity contribution in [1.82, 2.24) is 0 Å². The number of hydrogen-bond acceptors (Lipinski definition) is 3. The van der Waals surface area contributed by atoms with Crippen molar-refractivity contribution in [3.05, 3.63) is 0 Å². The van der Waals surface area contributed by atoms with Crippen molar-refractivity contribution in [3.8, 4) is 0 Å². The Balaban J connectivity index is 4.38. The van der Waals surface area contributed by atoms with Crippen LogP contribution in [0, 0.1) is 5.41 Å². The third-order valence-electron chi connectivity index (χ3n) is 1.15. The standard InChI is InChI=1S/C5H9NO3/c1-3(6)5(2,9)4(7)8/h6,9H,1-2H3,(H,7,8). The molecule has 1 atom stereocenters. The van der Waals surface area contributed by atoms with Crippen molar-refractivity contribution in [2.24, 2.45) is 0 Å². The molecule has 0 aliphatic carbocycles. The minimum atomic E-state index is -2.00. The van der Waals surface area contributed by atoms with Gasteiger partial charge in [0.05, 0.1) is 0 Å². The molecular formula is C5H9NO3. The van der Waals surface area contributed by atoms with E-state index < -0.39 is 11.6 Å². The molecule has 0 bridgehead atoms. The van der Waals surface area contributed by atoms with Gasteiger partial charge in [0.25, 0.3) is 0 Å². The summed E-state index contributed by atoms with van der Waals surface area (Å²) in [6, 6.07) is 0. The minimum absolute atomic E-state index is 0.269. The lowest BCUT2D eigenvalue weighted by Crippen LogP contribution is -2.41. The Morgan fingerprint density at radius 3 is 2.00 bits per heavy atom. The first-order chi connectivity index (χ1) is 3.89. The molecular weight excluding hydrogens is 122 g/mol. The second-order valence-corrected chi connectivity index (χ2v) is 2.00. The van der Waals surface area contributed by atoms with E-state index in [0.29, 0.717) is 0 Å². The summed E-state index contributed by atoms with van der Waals surface area (Å²) in [6.45, 7) is 2.31. The highest BCUT2D eigenvalue weighted by Gasteiger charge is 2.31. The maximum atomic E-state index is 10.1. The van der Waals surface area contributed by atoms with E-state index in [2.05, 4.69) is 0 Å². The molecule has 0 aromatic carbocycles. The van der Waals surface area contributed by atoms with Gasteiger partial charge in [0.2, 0.25) is 0 Å². The van der Waals surface area contributed by atoms with Crippen LogP contribution in [0.2, 0.25) is 0 Å². The van der Waals surface area contributed by atoms with Crippen LogP contribution >= 0.6 is 0 Å². The summed E-state index contributed by atoms with van der Waals surface area (Å²) < 4.78 is 0. The van der Waals surface area contributed by atoms with E-state index in [-0.39, 0.29) is 5.71 Å². The zero-order chi connectivity index (χ0) is 7.65. The Kier molecular flexibility index (Phi) is 1.93. The van der Waals surface area contributed by atoms with Crippen molar-refractivity contribution in [2.75, 3.05) is 0 Å². The fraction of sp³-hybridized carbons (Fsp3) is 0.600. The molecule has 0 aromatic heterocycles. The lowest BCUT2D eigenvalue weighted by molar-refractivity contribution is -0.150. The summed E-state index contributed by atoms with van der Waals surface area (Å²) in [4.78, 5) is 10.1. The van der Waals surface area contributed by atoms with Gasteiger partial charge in [-0.05, 0) is 13.8 Å². The molecule has 4 nitrogen and oxygen atoms in total. The van der Waals surface area contributed by atoms with Crippen molar-refractivity contribution >= 4 is 11.7 Å². The van der Waals surface area contributed by atoms with E-state index in [1.165, 1.54) is 6.92 Å². The molecule has 0 amide bonds. The van der Waals surface area contributed by atoms with Crippen LogP contribution in [0.25, 0.3) is 0 Å². The highest BCUT2D eigenvalue weighted by molar-refractivity contribution is 6.05. The van der Waals surface area contributed by atoms with Crippen molar-refractivity contribution < 1.29 is 15.0 Å². The van der Waals surface area contributed by atoms with Crippen LogP contribution in [0.4, 0.5) is 0 Å². The van der Waals surface area contributed by atoms with E-state index in [0.717, 1.165) is 6.92 Å². The van der Waals surface area contributed by atoms with Gasteiger partial charge in [-0.3, -0.25) is 0 Å². The summed E-state index contributed by atoms with van der Waals surface area (Å²) in [5.41, 5.74) is -2.27. The molecule has 52 valence electrons. The third-order valence-corrected chi connectivity index (χ3v) is 1.15. The number of aliphatic carboxylic acids is 1. The number of carboxylic acid groups (broad SMARTS) is 1. The molecule has 0 aliphatic rings. The molecule has 0 aliphatic heterocycles. The highest BCUT2D eigenvalue weighted by Crippen LogP contribution is 2.03. The number of nitrogens with one attached hydrogen (secondary N) is 1. The number of rotatable bonds is 2. The predicted molar refractivity (Wildman–Crippen MR) is 31.7 cm³/mol. The van der Waals surface area contributed by atoms with Crippen molar-refractivity contribution in [3.63, 3.8) is 0 Å². The van der Waals surface area contributed by atoms with Crippen LogP contribution in [0.5, 0.6) is 0 Å². The second-order valence-electron chi connectivity index (χ2n) is 2.00. The van der Waals surface area contributed by atoms with Crippen LogP contribution < -0.4 is 0 Å². The lowest BCUT2D eigenvalue weighted by atomic mass is 10.0. The molecule has 0 saturated heterocycles. The quantitative estimate of drug-likeness (QED) is 0.456. The number of hydrogen-bond donors (Lipinski definition) is 3. The van der Waals surface area contributed by atoms with Crippen LogP contribution in [-0.4, -0.2) is 27.5 Å². The van der Waals surface area contributed by atoms with Gasteiger partial charge >= 0.3 is 5.97 Å². The summed E-state index contributed by atoms with van der Waals surface area (Å²) in [5, 5.41) is 23.9. The van der Waals surface area contributed by atoms with Gasteiger partial charge in [-0.1, -0.05) is 0 Å². The van der Waals surface area contributed by atoms with E-state index in [1.54, 1.807) is 0 Å². The van der Waals surface area contributed by atoms with Crippen molar-refractivity contribution in [1.29, 1.82) is 5.41 Å². The van der Waals surface area contributed by atoms with Crippen molar-refractivity contribution in [2.45, 2.75) is 19.4 Å². The highest BCUT2D eigenvalue weighted by atomic mass is 16.4. The van der Waals surface area contributed by atoms with Crippen LogP contribution in [-0.2, 0) is 4.79 Å². The maximum Gasteiger partial charge on any atom is 0.341 e. The number of carbonyl (C=O) groups is 1. The maximum absolute atomic E-state index is 10.1. The smallest absolute Gasteiger partial charge is 0.341 e. The molecule has 4 heteroatoms. The van der Waals surface area contributed by atoms with Crippen LogP contribution in [0.3, 0.4) is 0 Å². The Morgan fingerprint density at radius 1 is 1.67 bits per heavy atom. The van der Waals surface area contributed by atoms with Crippen LogP contribution in [0.15, 0.2) is 0 Å². The molecule has 0 aromatic rings. The Bertz CT molecular complexity index is 134. The summed E-state index contributed by atoms with van der Waals surface area (Å²) in [6.07, 6.45) is 0. The van der Waals surface area contributed by atoms with Gasteiger partial charge in [-0.2, -0.15) is 0 Å². The van der Waals surface area contributed by atoms with Gasteiger partial charge in [0.15, 0.2) is 5.60 Å². The van der Waals surface area contributed by atoms with Gasteiger partial charge in [-0.15, -0.1) is 0 Å². The average molecular weight is 131 g/mol. The molecule has 1 unspecified atom stereocenters. The Labute approximate surface area is 52.6 Å². The van der Waals surface area contributed by atoms with Gasteiger partial charge in [0.1, 0.15) is 0 Å². The van der Waals surface area contributed by atoms with E-state index in [1.807, 2.05) is 0 Å². The first-order valence-corrected chi connectivity index (χ1v) is 2.40. The number of carboxylic acids is 1. The zero-order valence-corrected chi connectivity index (χ0v) is 5.30. The normalized spacial score (nSPS) is 16.3. The monoisotopic (exact) mass is 131 g/mol. The topological polar surface area (TPSA) is 81.4 Å². The van der Waals surface area contributed by atoms with Gasteiger partial charge < -0.3 is 15.6 Å². The van der Waals surface area contributed by atoms with E-state index in [9.17, 15) is 4.79 Å². The first kappa shape index (κ1) is 8.10. The zero-order valence-electron chi connectivity index (χ0n) is 5.30. The average Bonchev–Trinajstić information content (AvgIpc) is 1.65. The summed E-state index contributed by atoms with van der Waals surface area (Å²) >= 11 is 0. The fourth-order valence-corrected chi connectivity index (χ4v) is 0.160. The second kappa shape index (κ2) is 2.14. The molecule has 3 N–H and O–H groups in total. The molecule has 0 spiro atoms. The van der Waals surface area contributed by atoms with E-state index >= 15 is 0 Å². The summed E-state index contributed by atoms with van der Waals surface area (Å²) in [7, 11) is 0.